The quantitative estimate of drug-likeness (QED) is 0.827. The molecule has 1 N–H and O–H groups in total. The number of piperidine rings is 1. The summed E-state index contributed by atoms with van der Waals surface area (Å²) < 4.78 is 0. The topological polar surface area (TPSA) is 52.7 Å². The fraction of sp³-hybridized carbons (Fsp3) is 0.600. The third-order valence-corrected chi connectivity index (χ3v) is 5.78. The summed E-state index contributed by atoms with van der Waals surface area (Å²) in [4.78, 5) is 29.3. The van der Waals surface area contributed by atoms with Crippen LogP contribution in [-0.2, 0) is 9.59 Å². The summed E-state index contributed by atoms with van der Waals surface area (Å²) in [5.74, 6) is 0.398. The molecule has 2 amide bonds. The summed E-state index contributed by atoms with van der Waals surface area (Å²) in [5.41, 5.74) is 1.00. The number of piperazine rings is 1. The Morgan fingerprint density at radius 2 is 1.81 bits per heavy atom. The van der Waals surface area contributed by atoms with Crippen molar-refractivity contribution >= 4 is 35.8 Å². The second kappa shape index (κ2) is 9.76. The maximum Gasteiger partial charge on any atom is 0.226 e. The Morgan fingerprint density at radius 1 is 1.15 bits per heavy atom. The van der Waals surface area contributed by atoms with Crippen LogP contribution in [0.15, 0.2) is 24.3 Å². The molecule has 1 unspecified atom stereocenters. The predicted molar refractivity (Wildman–Crippen MR) is 110 cm³/mol. The van der Waals surface area contributed by atoms with Gasteiger partial charge in [-0.15, -0.1) is 12.4 Å². The lowest BCUT2D eigenvalue weighted by molar-refractivity contribution is -0.144. The van der Waals surface area contributed by atoms with Gasteiger partial charge in [-0.05, 0) is 24.5 Å². The number of likely N-dealkylation sites (tertiary alicyclic amines) is 1. The smallest absolute Gasteiger partial charge is 0.226 e. The van der Waals surface area contributed by atoms with E-state index in [9.17, 15) is 9.59 Å². The molecule has 7 heteroatoms. The highest BCUT2D eigenvalue weighted by Crippen LogP contribution is 2.31. The number of benzene rings is 1. The first-order chi connectivity index (χ1) is 12.5. The lowest BCUT2D eigenvalue weighted by Crippen LogP contribution is -2.52. The van der Waals surface area contributed by atoms with E-state index >= 15 is 0 Å². The van der Waals surface area contributed by atoms with Crippen molar-refractivity contribution in [1.29, 1.82) is 0 Å². The summed E-state index contributed by atoms with van der Waals surface area (Å²) in [7, 11) is 0. The fourth-order valence-corrected chi connectivity index (χ4v) is 4.20. The highest BCUT2D eigenvalue weighted by Gasteiger charge is 2.35. The SMILES string of the molecule is CC(C)C(=O)N1CCC(C(=O)N2CCNCC2c2ccccc2Cl)CC1.Cl. The maximum atomic E-state index is 13.2. The van der Waals surface area contributed by atoms with Gasteiger partial charge < -0.3 is 15.1 Å². The number of hydrogen-bond donors (Lipinski definition) is 1. The molecular weight excluding hydrogens is 385 g/mol. The Hall–Kier alpha value is -1.30. The van der Waals surface area contributed by atoms with Gasteiger partial charge in [0, 0.05) is 49.6 Å². The second-order valence-corrected chi connectivity index (χ2v) is 7.93. The van der Waals surface area contributed by atoms with Crippen LogP contribution >= 0.6 is 24.0 Å². The van der Waals surface area contributed by atoms with Crippen LogP contribution in [0.4, 0.5) is 0 Å². The van der Waals surface area contributed by atoms with Crippen molar-refractivity contribution in [2.24, 2.45) is 11.8 Å². The highest BCUT2D eigenvalue weighted by molar-refractivity contribution is 6.31. The molecule has 1 atom stereocenters. The van der Waals surface area contributed by atoms with E-state index in [2.05, 4.69) is 5.32 Å². The first kappa shape index (κ1) is 22.0. The van der Waals surface area contributed by atoms with Crippen molar-refractivity contribution < 1.29 is 9.59 Å². The first-order valence-corrected chi connectivity index (χ1v) is 9.91. The number of nitrogens with zero attached hydrogens (tertiary/aromatic N) is 2. The lowest BCUT2D eigenvalue weighted by Gasteiger charge is -2.41. The van der Waals surface area contributed by atoms with Crippen molar-refractivity contribution in [2.45, 2.75) is 32.7 Å². The average Bonchev–Trinajstić information content (AvgIpc) is 2.67. The molecular formula is C20H29Cl2N3O2. The minimum absolute atomic E-state index is 0. The van der Waals surface area contributed by atoms with Gasteiger partial charge in [0.25, 0.3) is 0 Å². The van der Waals surface area contributed by atoms with Crippen LogP contribution in [0.5, 0.6) is 0 Å². The van der Waals surface area contributed by atoms with Gasteiger partial charge in [-0.1, -0.05) is 43.6 Å². The molecule has 2 saturated heterocycles. The molecule has 2 aliphatic rings. The zero-order valence-electron chi connectivity index (χ0n) is 16.0. The number of nitrogens with one attached hydrogen (secondary N) is 1. The van der Waals surface area contributed by atoms with Crippen LogP contribution in [0.3, 0.4) is 0 Å². The lowest BCUT2D eigenvalue weighted by atomic mass is 9.92. The van der Waals surface area contributed by atoms with E-state index in [0.717, 1.165) is 31.5 Å². The summed E-state index contributed by atoms with van der Waals surface area (Å²) in [5, 5.41) is 4.08. The maximum absolute atomic E-state index is 13.2. The minimum Gasteiger partial charge on any atom is -0.342 e. The van der Waals surface area contributed by atoms with E-state index in [1.54, 1.807) is 0 Å². The summed E-state index contributed by atoms with van der Waals surface area (Å²) in [6.45, 7) is 7.42. The molecule has 27 heavy (non-hydrogen) atoms. The molecule has 5 nitrogen and oxygen atoms in total. The predicted octanol–water partition coefficient (Wildman–Crippen LogP) is 3.13. The second-order valence-electron chi connectivity index (χ2n) is 7.53. The molecule has 0 aromatic heterocycles. The number of hydrogen-bond acceptors (Lipinski definition) is 3. The molecule has 0 bridgehead atoms. The van der Waals surface area contributed by atoms with Crippen LogP contribution in [0, 0.1) is 11.8 Å². The molecule has 0 spiro atoms. The van der Waals surface area contributed by atoms with Gasteiger partial charge in [0.05, 0.1) is 6.04 Å². The zero-order valence-corrected chi connectivity index (χ0v) is 17.6. The van der Waals surface area contributed by atoms with E-state index in [4.69, 9.17) is 11.6 Å². The molecule has 1 aromatic rings. The Bertz CT molecular complexity index is 660. The molecule has 2 fully saturated rings. The Balaban J connectivity index is 0.00000261. The van der Waals surface area contributed by atoms with Crippen LogP contribution in [0.25, 0.3) is 0 Å². The van der Waals surface area contributed by atoms with Gasteiger partial charge in [-0.3, -0.25) is 9.59 Å². The fourth-order valence-electron chi connectivity index (χ4n) is 3.94. The van der Waals surface area contributed by atoms with Crippen LogP contribution in [-0.4, -0.2) is 54.3 Å². The van der Waals surface area contributed by atoms with Gasteiger partial charge in [0.15, 0.2) is 0 Å². The Morgan fingerprint density at radius 3 is 2.44 bits per heavy atom. The van der Waals surface area contributed by atoms with Gasteiger partial charge in [-0.25, -0.2) is 0 Å². The molecule has 2 heterocycles. The van der Waals surface area contributed by atoms with Gasteiger partial charge in [-0.2, -0.15) is 0 Å². The summed E-state index contributed by atoms with van der Waals surface area (Å²) in [6.07, 6.45) is 1.49. The molecule has 3 rings (SSSR count). The van der Waals surface area contributed by atoms with Crippen molar-refractivity contribution in [2.75, 3.05) is 32.7 Å². The van der Waals surface area contributed by atoms with Crippen LogP contribution in [0.1, 0.15) is 38.3 Å². The van der Waals surface area contributed by atoms with E-state index in [0.29, 0.717) is 24.7 Å². The van der Waals surface area contributed by atoms with Gasteiger partial charge in [0.1, 0.15) is 0 Å². The molecule has 2 aliphatic heterocycles. The number of amides is 2. The van der Waals surface area contributed by atoms with E-state index in [1.807, 2.05) is 47.9 Å². The first-order valence-electron chi connectivity index (χ1n) is 9.53. The molecule has 1 aromatic carbocycles. The standard InChI is InChI=1S/C20H28ClN3O2.ClH/c1-14(2)19(25)23-10-7-15(8-11-23)20(26)24-12-9-22-13-18(24)16-5-3-4-6-17(16)21;/h3-6,14-15,18,22H,7-13H2,1-2H3;1H. The number of rotatable bonds is 3. The van der Waals surface area contributed by atoms with Crippen molar-refractivity contribution in [1.82, 2.24) is 15.1 Å². The van der Waals surface area contributed by atoms with Gasteiger partial charge >= 0.3 is 0 Å². The minimum atomic E-state index is -0.0275. The third kappa shape index (κ3) is 4.95. The average molecular weight is 414 g/mol. The van der Waals surface area contributed by atoms with Crippen LogP contribution < -0.4 is 5.32 Å². The number of halogens is 2. The number of carbonyl (C=O) groups excluding carboxylic acids is 2. The van der Waals surface area contributed by atoms with Crippen molar-refractivity contribution in [3.63, 3.8) is 0 Å². The number of carbonyl (C=O) groups is 2. The Kier molecular flexibility index (Phi) is 7.95. The summed E-state index contributed by atoms with van der Waals surface area (Å²) in [6, 6.07) is 7.73. The van der Waals surface area contributed by atoms with E-state index in [-0.39, 0.29) is 42.1 Å². The van der Waals surface area contributed by atoms with Gasteiger partial charge in [0.2, 0.25) is 11.8 Å². The monoisotopic (exact) mass is 413 g/mol. The van der Waals surface area contributed by atoms with E-state index < -0.39 is 0 Å². The summed E-state index contributed by atoms with van der Waals surface area (Å²) >= 11 is 6.39. The molecule has 0 radical (unpaired) electrons. The molecule has 0 saturated carbocycles. The van der Waals surface area contributed by atoms with Crippen molar-refractivity contribution in [3.8, 4) is 0 Å². The largest absolute Gasteiger partial charge is 0.342 e. The van der Waals surface area contributed by atoms with Crippen LogP contribution in [0.2, 0.25) is 5.02 Å². The highest BCUT2D eigenvalue weighted by atomic mass is 35.5. The normalized spacial score (nSPS) is 21.1. The molecule has 0 aliphatic carbocycles. The zero-order chi connectivity index (χ0) is 18.7. The van der Waals surface area contributed by atoms with E-state index in [1.165, 1.54) is 0 Å². The third-order valence-electron chi connectivity index (χ3n) is 5.44. The van der Waals surface area contributed by atoms with Crippen molar-refractivity contribution in [3.05, 3.63) is 34.9 Å². The Labute approximate surface area is 172 Å². The molecule has 150 valence electrons.